The highest BCUT2D eigenvalue weighted by molar-refractivity contribution is 5.93. The summed E-state index contributed by atoms with van der Waals surface area (Å²) in [6, 6.07) is 6.44. The molecule has 0 unspecified atom stereocenters. The number of hydrogen-bond acceptors (Lipinski definition) is 5. The lowest BCUT2D eigenvalue weighted by Crippen LogP contribution is -2.23. The Kier molecular flexibility index (Phi) is 2.92. The summed E-state index contributed by atoms with van der Waals surface area (Å²) in [5, 5.41) is 23.1. The number of carbonyl (C=O) groups is 1. The van der Waals surface area contributed by atoms with E-state index in [1.807, 2.05) is 0 Å². The van der Waals surface area contributed by atoms with E-state index in [9.17, 15) is 14.9 Å². The Labute approximate surface area is 100 Å². The van der Waals surface area contributed by atoms with Gasteiger partial charge in [-0.25, -0.2) is 9.69 Å². The van der Waals surface area contributed by atoms with E-state index in [1.165, 1.54) is 36.6 Å². The predicted molar refractivity (Wildman–Crippen MR) is 59.8 cm³/mol. The lowest BCUT2D eigenvalue weighted by atomic mass is 10.2. The van der Waals surface area contributed by atoms with Crippen LogP contribution < -0.4 is 4.90 Å². The monoisotopic (exact) mass is 249 g/mol. The first-order valence-corrected chi connectivity index (χ1v) is 4.77. The molecule has 0 atom stereocenters. The second kappa shape index (κ2) is 4.53. The molecule has 1 amide bonds. The third-order valence-corrected chi connectivity index (χ3v) is 2.16. The van der Waals surface area contributed by atoms with Crippen LogP contribution >= 0.6 is 0 Å². The molecule has 1 aromatic carbocycles. The molecule has 0 bridgehead atoms. The van der Waals surface area contributed by atoms with Crippen LogP contribution in [0.2, 0.25) is 0 Å². The summed E-state index contributed by atoms with van der Waals surface area (Å²) in [7, 11) is 0. The molecule has 1 aromatic heterocycles. The number of benzene rings is 1. The summed E-state index contributed by atoms with van der Waals surface area (Å²) in [6.07, 6.45) is -0.0332. The second-order valence-corrected chi connectivity index (χ2v) is 3.25. The molecule has 8 nitrogen and oxygen atoms in total. The number of carboxylic acid groups (broad SMARTS) is 1. The third kappa shape index (κ3) is 2.12. The molecule has 0 aliphatic rings. The zero-order valence-electron chi connectivity index (χ0n) is 8.89. The first-order chi connectivity index (χ1) is 8.59. The standard InChI is InChI=1S/C10H7N3O5/c14-10(15)12(9-5-6-18-11-9)7-1-3-8(4-2-7)13(16)17/h1-6H,(H,14,15). The lowest BCUT2D eigenvalue weighted by Gasteiger charge is -2.15. The first-order valence-electron chi connectivity index (χ1n) is 4.77. The Hall–Kier alpha value is -2.90. The SMILES string of the molecule is O=C(O)N(c1ccc([N+](=O)[O-])cc1)c1ccon1. The highest BCUT2D eigenvalue weighted by atomic mass is 16.6. The van der Waals surface area contributed by atoms with Gasteiger partial charge in [-0.3, -0.25) is 10.1 Å². The van der Waals surface area contributed by atoms with Crippen molar-refractivity contribution >= 4 is 23.3 Å². The van der Waals surface area contributed by atoms with Crippen LogP contribution in [-0.4, -0.2) is 21.3 Å². The van der Waals surface area contributed by atoms with Crippen LogP contribution in [0.15, 0.2) is 41.1 Å². The summed E-state index contributed by atoms with van der Waals surface area (Å²) in [6.45, 7) is 0. The van der Waals surface area contributed by atoms with Gasteiger partial charge in [0.15, 0.2) is 5.82 Å². The fourth-order valence-electron chi connectivity index (χ4n) is 1.39. The van der Waals surface area contributed by atoms with Crippen LogP contribution in [0.4, 0.5) is 22.0 Å². The van der Waals surface area contributed by atoms with E-state index in [0.717, 1.165) is 4.90 Å². The number of nitro groups is 1. The lowest BCUT2D eigenvalue weighted by molar-refractivity contribution is -0.384. The molecule has 0 saturated carbocycles. The Morgan fingerprint density at radius 1 is 1.33 bits per heavy atom. The van der Waals surface area contributed by atoms with Crippen LogP contribution in [0.1, 0.15) is 0 Å². The largest absolute Gasteiger partial charge is 0.464 e. The number of nitrogens with zero attached hydrogens (tertiary/aromatic N) is 3. The summed E-state index contributed by atoms with van der Waals surface area (Å²) in [5.74, 6) is 0.0800. The molecular weight excluding hydrogens is 242 g/mol. The highest BCUT2D eigenvalue weighted by Gasteiger charge is 2.20. The topological polar surface area (TPSA) is 110 Å². The Morgan fingerprint density at radius 3 is 2.44 bits per heavy atom. The van der Waals surface area contributed by atoms with Gasteiger partial charge < -0.3 is 9.63 Å². The zero-order chi connectivity index (χ0) is 13.1. The molecule has 1 N–H and O–H groups in total. The molecule has 0 aliphatic carbocycles. The average Bonchev–Trinajstić information content (AvgIpc) is 2.83. The van der Waals surface area contributed by atoms with E-state index in [1.54, 1.807) is 0 Å². The van der Waals surface area contributed by atoms with Crippen molar-refractivity contribution < 1.29 is 19.3 Å². The van der Waals surface area contributed by atoms with Gasteiger partial charge in [0.25, 0.3) is 5.69 Å². The Balaban J connectivity index is 2.38. The smallest absolute Gasteiger partial charge is 0.417 e. The third-order valence-electron chi connectivity index (χ3n) is 2.16. The molecule has 0 fully saturated rings. The van der Waals surface area contributed by atoms with Crippen molar-refractivity contribution in [1.82, 2.24) is 5.16 Å². The van der Waals surface area contributed by atoms with Gasteiger partial charge in [-0.15, -0.1) is 0 Å². The van der Waals surface area contributed by atoms with Crippen molar-refractivity contribution in [2.45, 2.75) is 0 Å². The van der Waals surface area contributed by atoms with E-state index in [2.05, 4.69) is 9.68 Å². The minimum absolute atomic E-state index is 0.0800. The van der Waals surface area contributed by atoms with Gasteiger partial charge >= 0.3 is 6.09 Å². The summed E-state index contributed by atoms with van der Waals surface area (Å²) < 4.78 is 4.57. The minimum atomic E-state index is -1.27. The zero-order valence-corrected chi connectivity index (χ0v) is 8.89. The van der Waals surface area contributed by atoms with Crippen molar-refractivity contribution in [2.75, 3.05) is 4.90 Å². The normalized spacial score (nSPS) is 10.0. The van der Waals surface area contributed by atoms with Gasteiger partial charge in [0.05, 0.1) is 10.6 Å². The maximum atomic E-state index is 11.1. The molecular formula is C10H7N3O5. The number of rotatable bonds is 3. The average molecular weight is 249 g/mol. The van der Waals surface area contributed by atoms with E-state index < -0.39 is 11.0 Å². The van der Waals surface area contributed by atoms with Crippen LogP contribution in [0.3, 0.4) is 0 Å². The number of amides is 1. The summed E-state index contributed by atoms with van der Waals surface area (Å²) in [4.78, 5) is 21.9. The Morgan fingerprint density at radius 2 is 2.00 bits per heavy atom. The maximum absolute atomic E-state index is 11.1. The van der Waals surface area contributed by atoms with Gasteiger partial charge in [0, 0.05) is 18.2 Å². The van der Waals surface area contributed by atoms with E-state index >= 15 is 0 Å². The van der Waals surface area contributed by atoms with Crippen LogP contribution in [-0.2, 0) is 0 Å². The summed E-state index contributed by atoms with van der Waals surface area (Å²) in [5.41, 5.74) is 0.117. The molecule has 0 radical (unpaired) electrons. The number of hydrogen-bond donors (Lipinski definition) is 1. The van der Waals surface area contributed by atoms with Crippen molar-refractivity contribution in [3.8, 4) is 0 Å². The van der Waals surface area contributed by atoms with E-state index in [0.29, 0.717) is 0 Å². The van der Waals surface area contributed by atoms with Crippen molar-refractivity contribution in [1.29, 1.82) is 0 Å². The van der Waals surface area contributed by atoms with Crippen LogP contribution in [0.5, 0.6) is 0 Å². The molecule has 0 saturated heterocycles. The van der Waals surface area contributed by atoms with Gasteiger partial charge in [0.1, 0.15) is 6.26 Å². The number of anilines is 2. The molecule has 0 aliphatic heterocycles. The van der Waals surface area contributed by atoms with Gasteiger partial charge in [-0.05, 0) is 12.1 Å². The Bertz CT molecular complexity index is 564. The van der Waals surface area contributed by atoms with Crippen LogP contribution in [0, 0.1) is 10.1 Å². The molecule has 18 heavy (non-hydrogen) atoms. The molecule has 2 aromatic rings. The summed E-state index contributed by atoms with van der Waals surface area (Å²) >= 11 is 0. The maximum Gasteiger partial charge on any atom is 0.417 e. The number of nitro benzene ring substituents is 1. The van der Waals surface area contributed by atoms with E-state index in [4.69, 9.17) is 5.11 Å². The number of non-ortho nitro benzene ring substituents is 1. The quantitative estimate of drug-likeness (QED) is 0.660. The molecule has 2 rings (SSSR count). The number of aromatic nitrogens is 1. The fraction of sp³-hybridized carbons (Fsp3) is 0. The molecule has 92 valence electrons. The highest BCUT2D eigenvalue weighted by Crippen LogP contribution is 2.25. The van der Waals surface area contributed by atoms with Gasteiger partial charge in [-0.1, -0.05) is 5.16 Å². The van der Waals surface area contributed by atoms with Crippen molar-refractivity contribution in [2.24, 2.45) is 0 Å². The molecule has 0 spiro atoms. The van der Waals surface area contributed by atoms with Crippen molar-refractivity contribution in [3.63, 3.8) is 0 Å². The predicted octanol–water partition coefficient (Wildman–Crippen LogP) is 2.40. The van der Waals surface area contributed by atoms with Gasteiger partial charge in [0.2, 0.25) is 0 Å². The van der Waals surface area contributed by atoms with Crippen LogP contribution in [0.25, 0.3) is 0 Å². The van der Waals surface area contributed by atoms with Crippen molar-refractivity contribution in [3.05, 3.63) is 46.7 Å². The fourth-order valence-corrected chi connectivity index (χ4v) is 1.39. The minimum Gasteiger partial charge on any atom is -0.464 e. The molecule has 1 heterocycles. The van der Waals surface area contributed by atoms with Gasteiger partial charge in [-0.2, -0.15) is 0 Å². The van der Waals surface area contributed by atoms with E-state index in [-0.39, 0.29) is 17.2 Å². The first kappa shape index (κ1) is 11.6. The second-order valence-electron chi connectivity index (χ2n) is 3.25. The molecule has 8 heteroatoms.